The van der Waals surface area contributed by atoms with Crippen LogP contribution < -0.4 is 4.90 Å². The van der Waals surface area contributed by atoms with Crippen molar-refractivity contribution < 1.29 is 0 Å². The van der Waals surface area contributed by atoms with Crippen LogP contribution in [0.25, 0.3) is 0 Å². The average Bonchev–Trinajstić information content (AvgIpc) is 2.89. The Bertz CT molecular complexity index is 477. The molecule has 2 aliphatic rings. The molecular formula is C17H25BrN2. The Labute approximate surface area is 131 Å². The van der Waals surface area contributed by atoms with Crippen molar-refractivity contribution in [3.8, 4) is 0 Å². The molecule has 0 aliphatic carbocycles. The molecule has 0 aromatic heterocycles. The van der Waals surface area contributed by atoms with E-state index in [1.807, 2.05) is 0 Å². The maximum atomic E-state index is 3.69. The number of rotatable bonds is 2. The van der Waals surface area contributed by atoms with Gasteiger partial charge in [0.25, 0.3) is 0 Å². The second kappa shape index (κ2) is 5.69. The molecule has 2 atom stereocenters. The first-order chi connectivity index (χ1) is 9.60. The van der Waals surface area contributed by atoms with Crippen LogP contribution in [0.15, 0.2) is 16.6 Å². The van der Waals surface area contributed by atoms with Gasteiger partial charge in [-0.25, -0.2) is 0 Å². The van der Waals surface area contributed by atoms with Gasteiger partial charge in [0.05, 0.1) is 0 Å². The van der Waals surface area contributed by atoms with E-state index in [2.05, 4.69) is 58.6 Å². The Morgan fingerprint density at radius 3 is 2.55 bits per heavy atom. The van der Waals surface area contributed by atoms with Crippen LogP contribution in [0.4, 0.5) is 5.69 Å². The molecule has 0 bridgehead atoms. The maximum absolute atomic E-state index is 3.69. The Morgan fingerprint density at radius 2 is 1.90 bits per heavy atom. The molecule has 2 saturated heterocycles. The Hall–Kier alpha value is -0.540. The summed E-state index contributed by atoms with van der Waals surface area (Å²) in [7, 11) is 0. The van der Waals surface area contributed by atoms with Gasteiger partial charge in [0.2, 0.25) is 0 Å². The molecule has 0 radical (unpaired) electrons. The number of anilines is 1. The maximum Gasteiger partial charge on any atom is 0.0415 e. The van der Waals surface area contributed by atoms with Crippen molar-refractivity contribution in [2.24, 2.45) is 0 Å². The van der Waals surface area contributed by atoms with Gasteiger partial charge >= 0.3 is 0 Å². The summed E-state index contributed by atoms with van der Waals surface area (Å²) < 4.78 is 1.26. The molecule has 2 nitrogen and oxygen atoms in total. The molecule has 1 aromatic carbocycles. The fourth-order valence-electron chi connectivity index (χ4n) is 3.84. The van der Waals surface area contributed by atoms with Crippen molar-refractivity contribution in [1.82, 2.24) is 4.90 Å². The van der Waals surface area contributed by atoms with Crippen LogP contribution in [0, 0.1) is 13.8 Å². The molecule has 110 valence electrons. The third kappa shape index (κ3) is 2.50. The summed E-state index contributed by atoms with van der Waals surface area (Å²) in [5.41, 5.74) is 4.12. The largest absolute Gasteiger partial charge is 0.366 e. The molecule has 2 fully saturated rings. The minimum absolute atomic E-state index is 0.671. The van der Waals surface area contributed by atoms with Crippen molar-refractivity contribution in [2.45, 2.75) is 52.1 Å². The van der Waals surface area contributed by atoms with Crippen LogP contribution in [0.5, 0.6) is 0 Å². The van der Waals surface area contributed by atoms with Crippen molar-refractivity contribution in [3.63, 3.8) is 0 Å². The second-order valence-electron chi connectivity index (χ2n) is 6.40. The predicted molar refractivity (Wildman–Crippen MR) is 89.6 cm³/mol. The number of benzene rings is 1. The van der Waals surface area contributed by atoms with Gasteiger partial charge in [-0.05, 0) is 62.9 Å². The number of fused-ring (bicyclic) bond motifs is 1. The van der Waals surface area contributed by atoms with Crippen LogP contribution in [0.3, 0.4) is 0 Å². The van der Waals surface area contributed by atoms with Gasteiger partial charge in [0.1, 0.15) is 0 Å². The average molecular weight is 337 g/mol. The number of nitrogens with zero attached hydrogens (tertiary/aromatic N) is 2. The lowest BCUT2D eigenvalue weighted by Crippen LogP contribution is -2.56. The highest BCUT2D eigenvalue weighted by molar-refractivity contribution is 9.10. The molecule has 1 aromatic rings. The van der Waals surface area contributed by atoms with Gasteiger partial charge in [-0.3, -0.25) is 4.90 Å². The van der Waals surface area contributed by atoms with E-state index in [0.717, 1.165) is 6.04 Å². The second-order valence-corrected chi connectivity index (χ2v) is 7.19. The minimum atomic E-state index is 0.671. The molecule has 0 spiro atoms. The van der Waals surface area contributed by atoms with Gasteiger partial charge in [-0.2, -0.15) is 0 Å². The van der Waals surface area contributed by atoms with Gasteiger partial charge < -0.3 is 4.90 Å². The highest BCUT2D eigenvalue weighted by Gasteiger charge is 2.35. The van der Waals surface area contributed by atoms with E-state index >= 15 is 0 Å². The molecule has 3 heteroatoms. The fraction of sp³-hybridized carbons (Fsp3) is 0.647. The molecule has 2 unspecified atom stereocenters. The summed E-state index contributed by atoms with van der Waals surface area (Å²) in [5, 5.41) is 0. The Kier molecular flexibility index (Phi) is 4.09. The van der Waals surface area contributed by atoms with Crippen LogP contribution in [-0.4, -0.2) is 36.6 Å². The smallest absolute Gasteiger partial charge is 0.0415 e. The van der Waals surface area contributed by atoms with E-state index in [-0.39, 0.29) is 0 Å². The molecule has 0 saturated carbocycles. The zero-order chi connectivity index (χ0) is 14.3. The third-order valence-electron chi connectivity index (χ3n) is 5.02. The van der Waals surface area contributed by atoms with Crippen molar-refractivity contribution >= 4 is 21.6 Å². The van der Waals surface area contributed by atoms with Gasteiger partial charge in [-0.1, -0.05) is 22.9 Å². The lowest BCUT2D eigenvalue weighted by Gasteiger charge is -2.45. The zero-order valence-corrected chi connectivity index (χ0v) is 14.4. The van der Waals surface area contributed by atoms with Gasteiger partial charge in [0.15, 0.2) is 0 Å². The van der Waals surface area contributed by atoms with Crippen LogP contribution in [0.1, 0.15) is 37.3 Å². The molecule has 20 heavy (non-hydrogen) atoms. The van der Waals surface area contributed by atoms with Crippen LogP contribution >= 0.6 is 15.9 Å². The van der Waals surface area contributed by atoms with Gasteiger partial charge in [-0.15, -0.1) is 0 Å². The number of aryl methyl sites for hydroxylation is 2. The van der Waals surface area contributed by atoms with Crippen LogP contribution in [0.2, 0.25) is 0 Å². The normalized spacial score (nSPS) is 26.9. The van der Waals surface area contributed by atoms with E-state index in [4.69, 9.17) is 0 Å². The Balaban J connectivity index is 1.91. The third-order valence-corrected chi connectivity index (χ3v) is 6.27. The first kappa shape index (κ1) is 14.4. The molecule has 0 N–H and O–H groups in total. The lowest BCUT2D eigenvalue weighted by molar-refractivity contribution is 0.194. The lowest BCUT2D eigenvalue weighted by atomic mass is 10.0. The topological polar surface area (TPSA) is 6.48 Å². The van der Waals surface area contributed by atoms with E-state index in [1.165, 1.54) is 60.2 Å². The summed E-state index contributed by atoms with van der Waals surface area (Å²) in [4.78, 5) is 5.38. The number of hydrogen-bond acceptors (Lipinski definition) is 2. The molecular weight excluding hydrogens is 312 g/mol. The van der Waals surface area contributed by atoms with Crippen molar-refractivity contribution in [3.05, 3.63) is 27.7 Å². The predicted octanol–water partition coefficient (Wildman–Crippen LogP) is 4.13. The summed E-state index contributed by atoms with van der Waals surface area (Å²) >= 11 is 3.69. The minimum Gasteiger partial charge on any atom is -0.366 e. The Morgan fingerprint density at radius 1 is 1.20 bits per heavy atom. The zero-order valence-electron chi connectivity index (χ0n) is 12.8. The van der Waals surface area contributed by atoms with Gasteiger partial charge in [0, 0.05) is 35.3 Å². The number of hydrogen-bond donors (Lipinski definition) is 0. The van der Waals surface area contributed by atoms with E-state index in [1.54, 1.807) is 0 Å². The standard InChI is InChI=1S/C17H25BrN2/c1-4-14-10-19-7-5-6-15(19)11-20(14)16-8-12(2)17(18)13(3)9-16/h8-9,14-15H,4-7,10-11H2,1-3H3. The first-order valence-corrected chi connectivity index (χ1v) is 8.67. The van der Waals surface area contributed by atoms with Crippen molar-refractivity contribution in [1.29, 1.82) is 0 Å². The van der Waals surface area contributed by atoms with E-state index < -0.39 is 0 Å². The number of piperazine rings is 1. The fourth-order valence-corrected chi connectivity index (χ4v) is 4.07. The molecule has 0 amide bonds. The van der Waals surface area contributed by atoms with Crippen LogP contribution in [-0.2, 0) is 0 Å². The highest BCUT2D eigenvalue weighted by atomic mass is 79.9. The monoisotopic (exact) mass is 336 g/mol. The summed E-state index contributed by atoms with van der Waals surface area (Å²) in [6.45, 7) is 10.5. The molecule has 3 rings (SSSR count). The summed E-state index contributed by atoms with van der Waals surface area (Å²) in [5.74, 6) is 0. The SMILES string of the molecule is CCC1CN2CCCC2CN1c1cc(C)c(Br)c(C)c1. The van der Waals surface area contributed by atoms with E-state index in [0.29, 0.717) is 6.04 Å². The molecule has 2 heterocycles. The van der Waals surface area contributed by atoms with Crippen molar-refractivity contribution in [2.75, 3.05) is 24.5 Å². The summed E-state index contributed by atoms with van der Waals surface area (Å²) in [6, 6.07) is 6.15. The number of halogens is 1. The van der Waals surface area contributed by atoms with E-state index in [9.17, 15) is 0 Å². The molecule has 2 aliphatic heterocycles. The summed E-state index contributed by atoms with van der Waals surface area (Å²) in [6.07, 6.45) is 3.99. The highest BCUT2D eigenvalue weighted by Crippen LogP contribution is 2.33. The first-order valence-electron chi connectivity index (χ1n) is 7.87. The quantitative estimate of drug-likeness (QED) is 0.801.